The van der Waals surface area contributed by atoms with Crippen molar-refractivity contribution in [3.63, 3.8) is 0 Å². The van der Waals surface area contributed by atoms with Gasteiger partial charge in [0.1, 0.15) is 0 Å². The zero-order chi connectivity index (χ0) is 16.2. The molecule has 0 heterocycles. The minimum Gasteiger partial charge on any atom is -0.493 e. The number of para-hydroxylation sites is 1. The quantitative estimate of drug-likeness (QED) is 0.820. The maximum atomic E-state index is 12.5. The Balaban J connectivity index is 2.31. The Bertz CT molecular complexity index is 729. The largest absolute Gasteiger partial charge is 0.493 e. The molecule has 0 aliphatic heterocycles. The van der Waals surface area contributed by atoms with Gasteiger partial charge in [-0.05, 0) is 18.2 Å². The first-order valence-corrected chi connectivity index (χ1v) is 8.16. The molecule has 0 saturated heterocycles. The zero-order valence-electron chi connectivity index (χ0n) is 12.8. The normalized spacial score (nSPS) is 11.5. The summed E-state index contributed by atoms with van der Waals surface area (Å²) in [6, 6.07) is 13.7. The van der Waals surface area contributed by atoms with Gasteiger partial charge in [0, 0.05) is 19.2 Å². The van der Waals surface area contributed by atoms with Crippen molar-refractivity contribution >= 4 is 10.0 Å². The fraction of sp³-hybridized carbons (Fsp3) is 0.250. The lowest BCUT2D eigenvalue weighted by Gasteiger charge is -2.19. The molecule has 5 nitrogen and oxygen atoms in total. The van der Waals surface area contributed by atoms with E-state index in [1.54, 1.807) is 56.6 Å². The first-order valence-electron chi connectivity index (χ1n) is 6.72. The standard InChI is InChI=1S/C16H19NO4S/c1-17(22(18,19)14-9-5-4-6-10-14)12-13-8-7-11-15(20-2)16(13)21-3/h4-11H,12H2,1-3H3. The molecule has 0 amide bonds. The molecule has 118 valence electrons. The molecule has 22 heavy (non-hydrogen) atoms. The first kappa shape index (κ1) is 16.3. The number of sulfonamides is 1. The number of ether oxygens (including phenoxy) is 2. The lowest BCUT2D eigenvalue weighted by atomic mass is 10.2. The van der Waals surface area contributed by atoms with Crippen LogP contribution in [-0.4, -0.2) is 34.0 Å². The average Bonchev–Trinajstić information content (AvgIpc) is 2.55. The van der Waals surface area contributed by atoms with Gasteiger partial charge < -0.3 is 9.47 Å². The molecule has 0 aliphatic carbocycles. The molecule has 0 saturated carbocycles. The third kappa shape index (κ3) is 3.23. The average molecular weight is 321 g/mol. The van der Waals surface area contributed by atoms with Gasteiger partial charge in [-0.1, -0.05) is 30.3 Å². The lowest BCUT2D eigenvalue weighted by molar-refractivity contribution is 0.347. The second-order valence-electron chi connectivity index (χ2n) is 4.73. The third-order valence-electron chi connectivity index (χ3n) is 3.33. The van der Waals surface area contributed by atoms with Crippen molar-refractivity contribution in [3.05, 3.63) is 54.1 Å². The molecule has 2 aromatic rings. The van der Waals surface area contributed by atoms with E-state index in [-0.39, 0.29) is 11.4 Å². The Morgan fingerprint density at radius 3 is 2.23 bits per heavy atom. The molecule has 0 atom stereocenters. The van der Waals surface area contributed by atoms with Crippen LogP contribution in [0.1, 0.15) is 5.56 Å². The summed E-state index contributed by atoms with van der Waals surface area (Å²) in [7, 11) is 1.08. The van der Waals surface area contributed by atoms with Gasteiger partial charge in [-0.3, -0.25) is 0 Å². The summed E-state index contributed by atoms with van der Waals surface area (Å²) in [5.74, 6) is 1.12. The Morgan fingerprint density at radius 1 is 0.955 bits per heavy atom. The van der Waals surface area contributed by atoms with Crippen LogP contribution in [-0.2, 0) is 16.6 Å². The molecule has 0 unspecified atom stereocenters. The summed E-state index contributed by atoms with van der Waals surface area (Å²) in [6.07, 6.45) is 0. The summed E-state index contributed by atoms with van der Waals surface area (Å²) in [5, 5.41) is 0. The number of hydrogen-bond acceptors (Lipinski definition) is 4. The molecule has 0 spiro atoms. The highest BCUT2D eigenvalue weighted by Gasteiger charge is 2.22. The highest BCUT2D eigenvalue weighted by Crippen LogP contribution is 2.32. The van der Waals surface area contributed by atoms with Crippen molar-refractivity contribution < 1.29 is 17.9 Å². The summed E-state index contributed by atoms with van der Waals surface area (Å²) in [5.41, 5.74) is 0.740. The number of rotatable bonds is 6. The molecule has 0 aliphatic rings. The fourth-order valence-corrected chi connectivity index (χ4v) is 3.35. The van der Waals surface area contributed by atoms with Crippen LogP contribution in [0.3, 0.4) is 0 Å². The van der Waals surface area contributed by atoms with E-state index in [1.165, 1.54) is 11.4 Å². The van der Waals surface area contributed by atoms with Crippen LogP contribution in [0.5, 0.6) is 11.5 Å². The molecule has 2 aromatic carbocycles. The number of benzene rings is 2. The van der Waals surface area contributed by atoms with Gasteiger partial charge in [0.25, 0.3) is 0 Å². The van der Waals surface area contributed by atoms with Gasteiger partial charge in [0.05, 0.1) is 19.1 Å². The van der Waals surface area contributed by atoms with Gasteiger partial charge in [0.2, 0.25) is 10.0 Å². The van der Waals surface area contributed by atoms with E-state index >= 15 is 0 Å². The van der Waals surface area contributed by atoms with E-state index in [9.17, 15) is 8.42 Å². The summed E-state index contributed by atoms with van der Waals surface area (Å²) >= 11 is 0. The molecular weight excluding hydrogens is 302 g/mol. The molecule has 0 radical (unpaired) electrons. The zero-order valence-corrected chi connectivity index (χ0v) is 13.6. The summed E-state index contributed by atoms with van der Waals surface area (Å²) < 4.78 is 37.0. The maximum Gasteiger partial charge on any atom is 0.243 e. The van der Waals surface area contributed by atoms with Crippen LogP contribution < -0.4 is 9.47 Å². The van der Waals surface area contributed by atoms with Crippen molar-refractivity contribution in [1.29, 1.82) is 0 Å². The third-order valence-corrected chi connectivity index (χ3v) is 5.15. The summed E-state index contributed by atoms with van der Waals surface area (Å²) in [4.78, 5) is 0.263. The topological polar surface area (TPSA) is 55.8 Å². The highest BCUT2D eigenvalue weighted by molar-refractivity contribution is 7.89. The summed E-state index contributed by atoms with van der Waals surface area (Å²) in [6.45, 7) is 0.192. The van der Waals surface area contributed by atoms with Gasteiger partial charge in [-0.2, -0.15) is 4.31 Å². The maximum absolute atomic E-state index is 12.5. The van der Waals surface area contributed by atoms with Crippen molar-refractivity contribution in [1.82, 2.24) is 4.31 Å². The predicted octanol–water partition coefficient (Wildman–Crippen LogP) is 2.52. The van der Waals surface area contributed by atoms with Gasteiger partial charge in [-0.15, -0.1) is 0 Å². The second kappa shape index (κ2) is 6.81. The predicted molar refractivity (Wildman–Crippen MR) is 84.6 cm³/mol. The number of nitrogens with zero attached hydrogens (tertiary/aromatic N) is 1. The van der Waals surface area contributed by atoms with Crippen LogP contribution in [0.2, 0.25) is 0 Å². The Kier molecular flexibility index (Phi) is 5.05. The van der Waals surface area contributed by atoms with Gasteiger partial charge in [0.15, 0.2) is 11.5 Å². The van der Waals surface area contributed by atoms with Crippen LogP contribution >= 0.6 is 0 Å². The molecule has 6 heteroatoms. The smallest absolute Gasteiger partial charge is 0.243 e. The molecule has 2 rings (SSSR count). The van der Waals surface area contributed by atoms with E-state index in [0.717, 1.165) is 5.56 Å². The van der Waals surface area contributed by atoms with E-state index < -0.39 is 10.0 Å². The highest BCUT2D eigenvalue weighted by atomic mass is 32.2. The van der Waals surface area contributed by atoms with Crippen LogP contribution in [0, 0.1) is 0 Å². The van der Waals surface area contributed by atoms with Crippen LogP contribution in [0.4, 0.5) is 0 Å². The van der Waals surface area contributed by atoms with Crippen molar-refractivity contribution in [2.45, 2.75) is 11.4 Å². The fourth-order valence-electron chi connectivity index (χ4n) is 2.18. The lowest BCUT2D eigenvalue weighted by Crippen LogP contribution is -2.26. The van der Waals surface area contributed by atoms with Gasteiger partial charge in [-0.25, -0.2) is 8.42 Å². The number of hydrogen-bond donors (Lipinski definition) is 0. The van der Waals surface area contributed by atoms with Gasteiger partial charge >= 0.3 is 0 Å². The first-order chi connectivity index (χ1) is 10.5. The Labute approximate surface area is 131 Å². The Hall–Kier alpha value is -2.05. The van der Waals surface area contributed by atoms with E-state index in [1.807, 2.05) is 6.07 Å². The molecule has 0 aromatic heterocycles. The molecular formula is C16H19NO4S. The van der Waals surface area contributed by atoms with E-state index in [0.29, 0.717) is 11.5 Å². The van der Waals surface area contributed by atoms with Crippen molar-refractivity contribution in [3.8, 4) is 11.5 Å². The minimum absolute atomic E-state index is 0.192. The molecule has 0 bridgehead atoms. The molecule has 0 fully saturated rings. The Morgan fingerprint density at radius 2 is 1.64 bits per heavy atom. The minimum atomic E-state index is -3.54. The number of methoxy groups -OCH3 is 2. The van der Waals surface area contributed by atoms with Crippen LogP contribution in [0.15, 0.2) is 53.4 Å². The SMILES string of the molecule is COc1cccc(CN(C)S(=O)(=O)c2ccccc2)c1OC. The molecule has 0 N–H and O–H groups in total. The van der Waals surface area contributed by atoms with E-state index in [2.05, 4.69) is 0 Å². The van der Waals surface area contributed by atoms with E-state index in [4.69, 9.17) is 9.47 Å². The second-order valence-corrected chi connectivity index (χ2v) is 6.77. The van der Waals surface area contributed by atoms with Crippen molar-refractivity contribution in [2.75, 3.05) is 21.3 Å². The van der Waals surface area contributed by atoms with Crippen LogP contribution in [0.25, 0.3) is 0 Å². The van der Waals surface area contributed by atoms with Crippen molar-refractivity contribution in [2.24, 2.45) is 0 Å². The monoisotopic (exact) mass is 321 g/mol.